The summed E-state index contributed by atoms with van der Waals surface area (Å²) in [5.41, 5.74) is 1.68. The van der Waals surface area contributed by atoms with E-state index in [-0.39, 0.29) is 35.8 Å². The lowest BCUT2D eigenvalue weighted by Crippen LogP contribution is -2.51. The molecule has 1 aromatic carbocycles. The van der Waals surface area contributed by atoms with Crippen molar-refractivity contribution in [2.45, 2.75) is 51.7 Å². The molecule has 7 nitrogen and oxygen atoms in total. The van der Waals surface area contributed by atoms with Crippen LogP contribution in [0.25, 0.3) is 5.69 Å². The highest BCUT2D eigenvalue weighted by Gasteiger charge is 2.65. The van der Waals surface area contributed by atoms with E-state index in [1.807, 2.05) is 11.5 Å². The first kappa shape index (κ1) is 21.6. The maximum Gasteiger partial charge on any atom is 0.387 e. The van der Waals surface area contributed by atoms with E-state index in [9.17, 15) is 23.2 Å². The Hall–Kier alpha value is -3.23. The summed E-state index contributed by atoms with van der Waals surface area (Å²) >= 11 is 0. The number of hydrogen-bond donors (Lipinski definition) is 1. The zero-order chi connectivity index (χ0) is 23.5. The van der Waals surface area contributed by atoms with Gasteiger partial charge in [-0.2, -0.15) is 8.78 Å². The van der Waals surface area contributed by atoms with Crippen LogP contribution in [0.15, 0.2) is 30.3 Å². The second kappa shape index (κ2) is 7.67. The number of hydrogen-bond acceptors (Lipinski definition) is 4. The molecule has 9 heteroatoms. The highest BCUT2D eigenvalue weighted by atomic mass is 19.3. The predicted octanol–water partition coefficient (Wildman–Crippen LogP) is 3.99. The van der Waals surface area contributed by atoms with Gasteiger partial charge in [-0.3, -0.25) is 14.5 Å². The first-order valence-corrected chi connectivity index (χ1v) is 11.1. The number of ketones is 1. The molecule has 3 fully saturated rings. The van der Waals surface area contributed by atoms with E-state index in [0.717, 1.165) is 36.3 Å². The number of ether oxygens (including phenoxy) is 1. The fraction of sp³-hybridized carbons (Fsp3) is 0.458. The molecule has 2 heterocycles. The van der Waals surface area contributed by atoms with Crippen molar-refractivity contribution in [3.63, 3.8) is 0 Å². The van der Waals surface area contributed by atoms with Crippen molar-refractivity contribution >= 4 is 17.7 Å². The van der Waals surface area contributed by atoms with Crippen molar-refractivity contribution < 1.29 is 27.9 Å². The van der Waals surface area contributed by atoms with Crippen LogP contribution in [0.3, 0.4) is 0 Å². The third-order valence-corrected chi connectivity index (χ3v) is 6.95. The molecule has 1 aliphatic heterocycles. The standard InChI is InChI=1S/C24H25F2N3O4/c1-13-11-19(14(2)29(13)17-7-9-18(10-8-17)33-22(25)26)20(30)12-28-21(31)24(15-3-4-15,16-5-6-16)27-23(28)32/h7-11,15-16,22H,3-6,12H2,1-2H3,(H,27,32). The Morgan fingerprint density at radius 1 is 1.12 bits per heavy atom. The maximum absolute atomic E-state index is 13.3. The third-order valence-electron chi connectivity index (χ3n) is 6.95. The van der Waals surface area contributed by atoms with E-state index in [0.29, 0.717) is 16.9 Å². The van der Waals surface area contributed by atoms with Crippen LogP contribution in [0, 0.1) is 25.7 Å². The molecule has 2 saturated carbocycles. The molecule has 1 saturated heterocycles. The van der Waals surface area contributed by atoms with Crippen molar-refractivity contribution in [3.8, 4) is 11.4 Å². The van der Waals surface area contributed by atoms with Crippen LogP contribution in [0.4, 0.5) is 13.6 Å². The summed E-state index contributed by atoms with van der Waals surface area (Å²) in [5.74, 6) is -0.208. The lowest BCUT2D eigenvalue weighted by molar-refractivity contribution is -0.132. The van der Waals surface area contributed by atoms with Crippen LogP contribution in [-0.4, -0.2) is 45.9 Å². The van der Waals surface area contributed by atoms with Gasteiger partial charge in [-0.1, -0.05) is 0 Å². The van der Waals surface area contributed by atoms with Gasteiger partial charge < -0.3 is 14.6 Å². The second-order valence-electron chi connectivity index (χ2n) is 9.15. The van der Waals surface area contributed by atoms with Gasteiger partial charge in [-0.25, -0.2) is 4.79 Å². The summed E-state index contributed by atoms with van der Waals surface area (Å²) in [6.45, 7) is 0.386. The molecule has 0 radical (unpaired) electrons. The summed E-state index contributed by atoms with van der Waals surface area (Å²) in [7, 11) is 0. The van der Waals surface area contributed by atoms with Gasteiger partial charge in [-0.05, 0) is 81.7 Å². The smallest absolute Gasteiger partial charge is 0.387 e. The first-order valence-electron chi connectivity index (χ1n) is 11.1. The molecule has 0 bridgehead atoms. The zero-order valence-electron chi connectivity index (χ0n) is 18.4. The minimum Gasteiger partial charge on any atom is -0.435 e. The SMILES string of the molecule is Cc1cc(C(=O)CN2C(=O)NC(C3CC3)(C3CC3)C2=O)c(C)n1-c1ccc(OC(F)F)cc1. The van der Waals surface area contributed by atoms with Gasteiger partial charge in [0.1, 0.15) is 11.3 Å². The Morgan fingerprint density at radius 3 is 2.27 bits per heavy atom. The van der Waals surface area contributed by atoms with Gasteiger partial charge in [0.15, 0.2) is 5.78 Å². The Morgan fingerprint density at radius 2 is 1.73 bits per heavy atom. The minimum atomic E-state index is -2.90. The minimum absolute atomic E-state index is 0.0425. The van der Waals surface area contributed by atoms with Gasteiger partial charge >= 0.3 is 12.6 Å². The van der Waals surface area contributed by atoms with Gasteiger partial charge in [0.05, 0.1) is 6.54 Å². The highest BCUT2D eigenvalue weighted by molar-refractivity contribution is 6.12. The molecule has 0 spiro atoms. The van der Waals surface area contributed by atoms with Crippen molar-refractivity contribution in [2.24, 2.45) is 11.8 Å². The van der Waals surface area contributed by atoms with Crippen LogP contribution in [0.1, 0.15) is 47.4 Å². The number of urea groups is 1. The molecule has 5 rings (SSSR count). The van der Waals surface area contributed by atoms with E-state index in [1.165, 1.54) is 12.1 Å². The Balaban J connectivity index is 1.37. The lowest BCUT2D eigenvalue weighted by Gasteiger charge is -2.26. The van der Waals surface area contributed by atoms with Gasteiger partial charge in [0.2, 0.25) is 0 Å². The van der Waals surface area contributed by atoms with Gasteiger partial charge in [0.25, 0.3) is 5.91 Å². The maximum atomic E-state index is 13.3. The molecular weight excluding hydrogens is 432 g/mol. The predicted molar refractivity (Wildman–Crippen MR) is 115 cm³/mol. The van der Waals surface area contributed by atoms with Crippen LogP contribution >= 0.6 is 0 Å². The van der Waals surface area contributed by atoms with Crippen LogP contribution in [-0.2, 0) is 4.79 Å². The molecule has 33 heavy (non-hydrogen) atoms. The molecule has 3 amide bonds. The number of imide groups is 1. The van der Waals surface area contributed by atoms with Gasteiger partial charge in [-0.15, -0.1) is 0 Å². The number of rotatable bonds is 8. The number of aromatic nitrogens is 1. The summed E-state index contributed by atoms with van der Waals surface area (Å²) in [5, 5.41) is 2.94. The average Bonchev–Trinajstić information content (AvgIpc) is 3.67. The van der Waals surface area contributed by atoms with Crippen molar-refractivity contribution in [1.29, 1.82) is 0 Å². The summed E-state index contributed by atoms with van der Waals surface area (Å²) < 4.78 is 31.0. The number of aryl methyl sites for hydroxylation is 1. The van der Waals surface area contributed by atoms with E-state index < -0.39 is 18.2 Å². The zero-order valence-corrected chi connectivity index (χ0v) is 18.4. The molecule has 0 unspecified atom stereocenters. The number of Topliss-reactive ketones (excluding diaryl/α,β-unsaturated/α-hetero) is 1. The quantitative estimate of drug-likeness (QED) is 0.480. The number of alkyl halides is 2. The van der Waals surface area contributed by atoms with Crippen molar-refractivity contribution in [3.05, 3.63) is 47.3 Å². The molecule has 2 aromatic rings. The molecule has 3 aliphatic rings. The normalized spacial score (nSPS) is 19.8. The number of carbonyl (C=O) groups excluding carboxylic acids is 3. The van der Waals surface area contributed by atoms with E-state index in [4.69, 9.17) is 0 Å². The van der Waals surface area contributed by atoms with E-state index in [2.05, 4.69) is 10.1 Å². The van der Waals surface area contributed by atoms with Crippen molar-refractivity contribution in [1.82, 2.24) is 14.8 Å². The Bertz CT molecular complexity index is 1120. The number of nitrogens with zero attached hydrogens (tertiary/aromatic N) is 2. The number of nitrogens with one attached hydrogen (secondary N) is 1. The topological polar surface area (TPSA) is 80.6 Å². The summed E-state index contributed by atoms with van der Waals surface area (Å²) in [4.78, 5) is 40.2. The molecule has 2 aliphatic carbocycles. The largest absolute Gasteiger partial charge is 0.435 e. The number of amides is 3. The molecule has 1 aromatic heterocycles. The van der Waals surface area contributed by atoms with E-state index >= 15 is 0 Å². The molecule has 1 N–H and O–H groups in total. The monoisotopic (exact) mass is 457 g/mol. The first-order chi connectivity index (χ1) is 15.7. The fourth-order valence-electron chi connectivity index (χ4n) is 5.17. The summed E-state index contributed by atoms with van der Waals surface area (Å²) in [6, 6.07) is 7.35. The summed E-state index contributed by atoms with van der Waals surface area (Å²) in [6.07, 6.45) is 3.69. The molecular formula is C24H25F2N3O4. The molecule has 0 atom stereocenters. The fourth-order valence-corrected chi connectivity index (χ4v) is 5.17. The molecule has 174 valence electrons. The van der Waals surface area contributed by atoms with E-state index in [1.54, 1.807) is 25.1 Å². The van der Waals surface area contributed by atoms with Crippen molar-refractivity contribution in [2.75, 3.05) is 6.54 Å². The van der Waals surface area contributed by atoms with Crippen LogP contribution in [0.2, 0.25) is 0 Å². The van der Waals surface area contributed by atoms with Crippen LogP contribution < -0.4 is 10.1 Å². The number of carbonyl (C=O) groups is 3. The van der Waals surface area contributed by atoms with Crippen LogP contribution in [0.5, 0.6) is 5.75 Å². The number of halogens is 2. The third kappa shape index (κ3) is 3.59. The van der Waals surface area contributed by atoms with Gasteiger partial charge in [0, 0.05) is 22.6 Å². The lowest BCUT2D eigenvalue weighted by atomic mass is 9.87. The number of benzene rings is 1. The Kier molecular flexibility index (Phi) is 5.02. The average molecular weight is 457 g/mol. The Labute approximate surface area is 189 Å². The highest BCUT2D eigenvalue weighted by Crippen LogP contribution is 2.54. The second-order valence-corrected chi connectivity index (χ2v) is 9.15.